The lowest BCUT2D eigenvalue weighted by Gasteiger charge is -2.18. The number of likely N-dealkylation sites (tertiary alicyclic amines) is 1. The molecule has 0 spiro atoms. The minimum absolute atomic E-state index is 0.0295. The molecule has 0 radical (unpaired) electrons. The van der Waals surface area contributed by atoms with E-state index < -0.39 is 21.1 Å². The SMILES string of the molecule is CCOC(=O)CN1CCC(n2nc(Cc3nc4cc(OCC(F)F)c(C#N)cc4n3COCC[Si](C)(C)C)c3ccccc3c2=O)C1. The van der Waals surface area contributed by atoms with Crippen molar-refractivity contribution in [2.75, 3.05) is 39.5 Å². The molecule has 1 atom stereocenters. The van der Waals surface area contributed by atoms with Crippen LogP contribution in [0.15, 0.2) is 41.2 Å². The van der Waals surface area contributed by atoms with Crippen LogP contribution in [0.2, 0.25) is 25.7 Å². The number of imidazole rings is 1. The Bertz CT molecular complexity index is 1850. The molecule has 0 bridgehead atoms. The van der Waals surface area contributed by atoms with Crippen molar-refractivity contribution in [2.45, 2.75) is 64.6 Å². The number of halogens is 2. The molecule has 0 N–H and O–H groups in total. The predicted octanol–water partition coefficient (Wildman–Crippen LogP) is 4.97. The number of rotatable bonds is 14. The third kappa shape index (κ3) is 8.21. The molecular weight excluding hydrogens is 626 g/mol. The highest BCUT2D eigenvalue weighted by molar-refractivity contribution is 6.76. The molecule has 4 aromatic rings. The monoisotopic (exact) mass is 666 g/mol. The summed E-state index contributed by atoms with van der Waals surface area (Å²) >= 11 is 0. The van der Waals surface area contributed by atoms with Gasteiger partial charge in [-0.05, 0) is 31.5 Å². The van der Waals surface area contributed by atoms with Gasteiger partial charge in [0.15, 0.2) is 0 Å². The molecule has 11 nitrogen and oxygen atoms in total. The first-order valence-electron chi connectivity index (χ1n) is 15.8. The number of ether oxygens (including phenoxy) is 3. The molecule has 3 heterocycles. The lowest BCUT2D eigenvalue weighted by atomic mass is 10.1. The third-order valence-corrected chi connectivity index (χ3v) is 9.82. The number of aromatic nitrogens is 4. The molecule has 2 aromatic carbocycles. The molecule has 14 heteroatoms. The van der Waals surface area contributed by atoms with E-state index in [2.05, 4.69) is 19.6 Å². The molecule has 1 fully saturated rings. The van der Waals surface area contributed by atoms with E-state index in [4.69, 9.17) is 24.3 Å². The van der Waals surface area contributed by atoms with Crippen molar-refractivity contribution in [3.05, 3.63) is 63.8 Å². The summed E-state index contributed by atoms with van der Waals surface area (Å²) in [5.74, 6) is 0.295. The van der Waals surface area contributed by atoms with Gasteiger partial charge in [-0.25, -0.2) is 18.4 Å². The van der Waals surface area contributed by atoms with E-state index in [0.717, 1.165) is 6.04 Å². The summed E-state index contributed by atoms with van der Waals surface area (Å²) in [6.07, 6.45) is -1.83. The maximum absolute atomic E-state index is 13.7. The lowest BCUT2D eigenvalue weighted by molar-refractivity contribution is -0.144. The van der Waals surface area contributed by atoms with E-state index in [-0.39, 0.29) is 48.6 Å². The van der Waals surface area contributed by atoms with Gasteiger partial charge in [0, 0.05) is 39.2 Å². The number of alkyl halides is 2. The maximum Gasteiger partial charge on any atom is 0.320 e. The van der Waals surface area contributed by atoms with Crippen molar-refractivity contribution in [1.82, 2.24) is 24.2 Å². The van der Waals surface area contributed by atoms with Gasteiger partial charge in [-0.15, -0.1) is 0 Å². The standard InChI is InChI=1S/C33H40F2N6O5Si/c1-5-45-32(42)19-39-11-10-23(18-39)41-33(43)25-9-7-6-8-24(25)26(38-41)16-31-37-27-15-29(46-20-30(34)35)22(17-36)14-28(27)40(31)21-44-12-13-47(2,3)4/h6-9,14-15,23,30H,5,10-13,16,18-21H2,1-4H3. The second kappa shape index (κ2) is 14.7. The van der Waals surface area contributed by atoms with E-state index in [9.17, 15) is 23.6 Å². The molecule has 1 aliphatic rings. The fraction of sp³-hybridized carbons (Fsp3) is 0.485. The summed E-state index contributed by atoms with van der Waals surface area (Å²) in [7, 11) is -1.36. The van der Waals surface area contributed by atoms with E-state index in [1.807, 2.05) is 33.7 Å². The zero-order chi connectivity index (χ0) is 33.7. The summed E-state index contributed by atoms with van der Waals surface area (Å²) in [4.78, 5) is 32.6. The van der Waals surface area contributed by atoms with Crippen LogP contribution in [0.4, 0.5) is 8.78 Å². The molecule has 0 saturated carbocycles. The van der Waals surface area contributed by atoms with Gasteiger partial charge in [0.05, 0.1) is 53.3 Å². The average molecular weight is 667 g/mol. The summed E-state index contributed by atoms with van der Waals surface area (Å²) in [6.45, 7) is 9.97. The van der Waals surface area contributed by atoms with Crippen molar-refractivity contribution in [2.24, 2.45) is 0 Å². The van der Waals surface area contributed by atoms with Crippen LogP contribution in [0.25, 0.3) is 21.8 Å². The molecule has 2 aromatic heterocycles. The van der Waals surface area contributed by atoms with Crippen LogP contribution < -0.4 is 10.3 Å². The van der Waals surface area contributed by atoms with E-state index in [0.29, 0.717) is 66.0 Å². The number of nitriles is 1. The first-order valence-corrected chi connectivity index (χ1v) is 19.5. The van der Waals surface area contributed by atoms with Crippen LogP contribution in [-0.4, -0.2) is 84.2 Å². The topological polar surface area (TPSA) is 125 Å². The van der Waals surface area contributed by atoms with Crippen LogP contribution in [-0.2, 0) is 27.4 Å². The largest absolute Gasteiger partial charge is 0.486 e. The third-order valence-electron chi connectivity index (χ3n) is 8.11. The summed E-state index contributed by atoms with van der Waals surface area (Å²) < 4.78 is 45.8. The van der Waals surface area contributed by atoms with Gasteiger partial charge >= 0.3 is 5.97 Å². The first-order chi connectivity index (χ1) is 22.5. The van der Waals surface area contributed by atoms with Gasteiger partial charge in [0.1, 0.15) is 31.0 Å². The quantitative estimate of drug-likeness (QED) is 0.104. The number of esters is 1. The van der Waals surface area contributed by atoms with Crippen molar-refractivity contribution in [1.29, 1.82) is 5.26 Å². The Morgan fingerprint density at radius 1 is 1.19 bits per heavy atom. The van der Waals surface area contributed by atoms with Crippen molar-refractivity contribution >= 4 is 35.8 Å². The number of carbonyl (C=O) groups excluding carboxylic acids is 1. The Kier molecular flexibility index (Phi) is 10.7. The smallest absolute Gasteiger partial charge is 0.320 e. The second-order valence-electron chi connectivity index (χ2n) is 12.9. The van der Waals surface area contributed by atoms with Gasteiger partial charge in [-0.1, -0.05) is 37.8 Å². The number of hydrogen-bond donors (Lipinski definition) is 0. The first kappa shape index (κ1) is 34.1. The van der Waals surface area contributed by atoms with Crippen LogP contribution in [0.1, 0.15) is 36.5 Å². The fourth-order valence-corrected chi connectivity index (χ4v) is 6.48. The van der Waals surface area contributed by atoms with E-state index >= 15 is 0 Å². The highest BCUT2D eigenvalue weighted by Gasteiger charge is 2.29. The van der Waals surface area contributed by atoms with Crippen LogP contribution in [0, 0.1) is 11.3 Å². The highest BCUT2D eigenvalue weighted by Crippen LogP contribution is 2.29. The van der Waals surface area contributed by atoms with Gasteiger partial charge in [0.2, 0.25) is 0 Å². The normalized spacial score (nSPS) is 15.5. The predicted molar refractivity (Wildman–Crippen MR) is 176 cm³/mol. The van der Waals surface area contributed by atoms with Crippen molar-refractivity contribution in [3.8, 4) is 11.8 Å². The Labute approximate surface area is 272 Å². The van der Waals surface area contributed by atoms with Crippen LogP contribution in [0.3, 0.4) is 0 Å². The molecule has 1 aliphatic heterocycles. The van der Waals surface area contributed by atoms with Gasteiger partial charge in [-0.3, -0.25) is 14.5 Å². The van der Waals surface area contributed by atoms with Crippen LogP contribution >= 0.6 is 0 Å². The van der Waals surface area contributed by atoms with Crippen LogP contribution in [0.5, 0.6) is 5.75 Å². The van der Waals surface area contributed by atoms with Crippen molar-refractivity contribution < 1.29 is 27.8 Å². The molecule has 5 rings (SSSR count). The lowest BCUT2D eigenvalue weighted by Crippen LogP contribution is -2.33. The Morgan fingerprint density at radius 3 is 2.66 bits per heavy atom. The molecular formula is C33H40F2N6O5Si. The number of benzene rings is 2. The summed E-state index contributed by atoms with van der Waals surface area (Å²) in [5.41, 5.74) is 1.57. The summed E-state index contributed by atoms with van der Waals surface area (Å²) in [6, 6.07) is 13.1. The van der Waals surface area contributed by atoms with E-state index in [1.165, 1.54) is 10.7 Å². The minimum Gasteiger partial charge on any atom is -0.486 e. The Morgan fingerprint density at radius 2 is 1.96 bits per heavy atom. The molecule has 0 aliphatic carbocycles. The molecule has 47 heavy (non-hydrogen) atoms. The molecule has 1 unspecified atom stereocenters. The summed E-state index contributed by atoms with van der Waals surface area (Å²) in [5, 5.41) is 15.9. The number of fused-ring (bicyclic) bond motifs is 2. The second-order valence-corrected chi connectivity index (χ2v) is 18.5. The van der Waals surface area contributed by atoms with E-state index in [1.54, 1.807) is 19.1 Å². The number of nitrogens with zero attached hydrogens (tertiary/aromatic N) is 6. The van der Waals surface area contributed by atoms with Gasteiger partial charge < -0.3 is 18.8 Å². The number of carbonyl (C=O) groups is 1. The fourth-order valence-electron chi connectivity index (χ4n) is 5.72. The molecule has 0 amide bonds. The maximum atomic E-state index is 13.7. The zero-order valence-corrected chi connectivity index (χ0v) is 28.2. The van der Waals surface area contributed by atoms with Gasteiger partial charge in [-0.2, -0.15) is 10.4 Å². The molecule has 1 saturated heterocycles. The van der Waals surface area contributed by atoms with Gasteiger partial charge in [0.25, 0.3) is 12.0 Å². The highest BCUT2D eigenvalue weighted by atomic mass is 28.3. The Balaban J connectivity index is 1.54. The molecule has 250 valence electrons. The number of hydrogen-bond acceptors (Lipinski definition) is 9. The van der Waals surface area contributed by atoms with Crippen molar-refractivity contribution in [3.63, 3.8) is 0 Å². The average Bonchev–Trinajstić information content (AvgIpc) is 3.62. The Hall–Kier alpha value is -4.19. The zero-order valence-electron chi connectivity index (χ0n) is 27.2. The minimum atomic E-state index is -2.70.